The van der Waals surface area contributed by atoms with Crippen molar-refractivity contribution in [3.05, 3.63) is 400 Å². The maximum absolute atomic E-state index is 5.67. The molecule has 4 aromatic heterocycles. The molecule has 0 spiro atoms. The molecule has 0 N–H and O–H groups in total. The van der Waals surface area contributed by atoms with Crippen LogP contribution < -0.4 is 0 Å². The van der Waals surface area contributed by atoms with Crippen LogP contribution in [0.1, 0.15) is 0 Å². The number of benzene rings is 18. The number of nitrogens with zero attached hydrogens (tertiary/aromatic N) is 4. The van der Waals surface area contributed by atoms with Gasteiger partial charge in [0.1, 0.15) is 0 Å². The van der Waals surface area contributed by atoms with Gasteiger partial charge in [-0.2, -0.15) is 0 Å². The van der Waals surface area contributed by atoms with E-state index in [1.165, 1.54) is 103 Å². The number of hydrogen-bond donors (Lipinski definition) is 0. The van der Waals surface area contributed by atoms with Gasteiger partial charge in [0.05, 0.1) is 45.0 Å². The molecule has 0 saturated carbocycles. The zero-order chi connectivity index (χ0) is 72.6. The molecule has 0 amide bonds. The van der Waals surface area contributed by atoms with Gasteiger partial charge in [0.25, 0.3) is 0 Å². The summed E-state index contributed by atoms with van der Waals surface area (Å²) in [7, 11) is 0. The monoisotopic (exact) mass is 1390 g/mol. The van der Waals surface area contributed by atoms with E-state index in [-0.39, 0.29) is 0 Å². The van der Waals surface area contributed by atoms with Crippen LogP contribution in [0.3, 0.4) is 0 Å². The smallest absolute Gasteiger partial charge is 0.0900 e. The third-order valence-corrected chi connectivity index (χ3v) is 22.3. The van der Waals surface area contributed by atoms with Crippen LogP contribution in [-0.2, 0) is 0 Å². The van der Waals surface area contributed by atoms with Gasteiger partial charge < -0.3 is 0 Å². The second-order valence-electron chi connectivity index (χ2n) is 28.6. The molecule has 0 fully saturated rings. The van der Waals surface area contributed by atoms with E-state index in [0.29, 0.717) is 0 Å². The second kappa shape index (κ2) is 26.8. The van der Waals surface area contributed by atoms with Gasteiger partial charge in [0.15, 0.2) is 0 Å². The van der Waals surface area contributed by atoms with E-state index >= 15 is 0 Å². The minimum Gasteiger partial charge on any atom is -0.248 e. The molecule has 4 heteroatoms. The number of hydrogen-bond acceptors (Lipinski definition) is 4. The lowest BCUT2D eigenvalue weighted by Gasteiger charge is -2.18. The van der Waals surface area contributed by atoms with Crippen molar-refractivity contribution in [3.63, 3.8) is 0 Å². The van der Waals surface area contributed by atoms with Crippen molar-refractivity contribution >= 4 is 119 Å². The van der Waals surface area contributed by atoms with E-state index in [1.807, 2.05) is 12.1 Å². The molecule has 0 aliphatic carbocycles. The van der Waals surface area contributed by atoms with Gasteiger partial charge >= 0.3 is 0 Å². The van der Waals surface area contributed by atoms with Gasteiger partial charge in [0.2, 0.25) is 0 Å². The Hall–Kier alpha value is -14.6. The van der Waals surface area contributed by atoms with E-state index in [0.717, 1.165) is 116 Å². The lowest BCUT2D eigenvalue weighted by molar-refractivity contribution is 1.32. The summed E-state index contributed by atoms with van der Waals surface area (Å²) < 4.78 is 0. The van der Waals surface area contributed by atoms with Crippen molar-refractivity contribution in [1.29, 1.82) is 0 Å². The maximum atomic E-state index is 5.67. The largest absolute Gasteiger partial charge is 0.248 e. The van der Waals surface area contributed by atoms with Crippen LogP contribution >= 0.6 is 0 Å². The van der Waals surface area contributed by atoms with Gasteiger partial charge in [0, 0.05) is 43.6 Å². The number of pyridine rings is 4. The highest BCUT2D eigenvalue weighted by atomic mass is 14.8. The van der Waals surface area contributed by atoms with Gasteiger partial charge in [-0.05, 0) is 192 Å². The molecule has 0 saturated heterocycles. The van der Waals surface area contributed by atoms with Crippen LogP contribution in [0.15, 0.2) is 400 Å². The number of rotatable bonds is 9. The number of fused-ring (bicyclic) bond motifs is 19. The van der Waals surface area contributed by atoms with Crippen molar-refractivity contribution in [2.24, 2.45) is 0 Å². The molecule has 0 atom stereocenters. The maximum Gasteiger partial charge on any atom is 0.0900 e. The summed E-state index contributed by atoms with van der Waals surface area (Å²) in [5.41, 5.74) is 22.4. The third-order valence-electron chi connectivity index (χ3n) is 22.3. The molecule has 0 aliphatic heterocycles. The number of para-hydroxylation sites is 1. The standard InChI is InChI=1S/C72H44N2.C34H22N2/c1-3-17-45(18-4-1)51-41-69(46-19-5-2-6-20-46)73-70(42-51)47-31-33-48(34-32-47)71-44-65(50-36-38-62-57-26-10-8-22-53(57)55-24-12-14-28-59(55)67(62)40-50)68-43-64(60-29-15-16-30-63(60)72(68)74-71)49-35-37-61-56-25-9-7-21-52(56)54-23-11-13-27-58(54)66(61)39-49;1-3-11-23(12-4-1)28-21-30-29(24-13-5-2-6-14-24)22-33(36-34(30)27-17-9-8-16-26(27)28)32-20-19-25-15-7-10-18-31(25)35-32/h1-44H;1-22H. The van der Waals surface area contributed by atoms with Crippen molar-refractivity contribution in [2.45, 2.75) is 0 Å². The average Bonchev–Trinajstić information content (AvgIpc) is 0.724. The Morgan fingerprint density at radius 1 is 0.127 bits per heavy atom. The Morgan fingerprint density at radius 2 is 0.436 bits per heavy atom. The molecule has 4 heterocycles. The quantitative estimate of drug-likeness (QED) is 0.135. The topological polar surface area (TPSA) is 51.6 Å². The van der Waals surface area contributed by atoms with E-state index < -0.39 is 0 Å². The summed E-state index contributed by atoms with van der Waals surface area (Å²) in [6.45, 7) is 0. The highest BCUT2D eigenvalue weighted by Gasteiger charge is 2.22. The summed E-state index contributed by atoms with van der Waals surface area (Å²) >= 11 is 0. The van der Waals surface area contributed by atoms with E-state index in [4.69, 9.17) is 19.9 Å². The van der Waals surface area contributed by atoms with Gasteiger partial charge in [-0.15, -0.1) is 0 Å². The molecular weight excluding hydrogens is 1330 g/mol. The molecule has 0 unspecified atom stereocenters. The predicted octanol–water partition coefficient (Wildman–Crippen LogP) is 28.6. The van der Waals surface area contributed by atoms with E-state index in [1.54, 1.807) is 0 Å². The minimum atomic E-state index is 0.879. The number of aromatic nitrogens is 4. The first-order valence-electron chi connectivity index (χ1n) is 37.6. The predicted molar refractivity (Wildman–Crippen MR) is 466 cm³/mol. The van der Waals surface area contributed by atoms with Gasteiger partial charge in [-0.1, -0.05) is 340 Å². The fourth-order valence-corrected chi connectivity index (χ4v) is 17.0. The first kappa shape index (κ1) is 63.9. The summed E-state index contributed by atoms with van der Waals surface area (Å²) in [4.78, 5) is 21.1. The summed E-state index contributed by atoms with van der Waals surface area (Å²) in [5, 5.41) is 23.2. The molecule has 18 aromatic carbocycles. The van der Waals surface area contributed by atoms with Crippen LogP contribution in [0.4, 0.5) is 0 Å². The Morgan fingerprint density at radius 3 is 0.900 bits per heavy atom. The average molecular weight is 1400 g/mol. The lowest BCUT2D eigenvalue weighted by Crippen LogP contribution is -1.94. The summed E-state index contributed by atoms with van der Waals surface area (Å²) in [5.74, 6) is 0. The second-order valence-corrected chi connectivity index (χ2v) is 28.6. The third kappa shape index (κ3) is 11.2. The molecule has 22 aromatic rings. The Balaban J connectivity index is 0.000000178. The van der Waals surface area contributed by atoms with Crippen LogP contribution in [0.2, 0.25) is 0 Å². The summed E-state index contributed by atoms with van der Waals surface area (Å²) in [6, 6.07) is 144. The minimum absolute atomic E-state index is 0.879. The van der Waals surface area contributed by atoms with Crippen LogP contribution in [-0.4, -0.2) is 19.9 Å². The fourth-order valence-electron chi connectivity index (χ4n) is 17.0. The molecular formula is C106H66N4. The Kier molecular flexibility index (Phi) is 15.5. The van der Waals surface area contributed by atoms with E-state index in [2.05, 4.69) is 388 Å². The zero-order valence-corrected chi connectivity index (χ0v) is 59.9. The van der Waals surface area contributed by atoms with Crippen LogP contribution in [0.25, 0.3) is 220 Å². The summed E-state index contributed by atoms with van der Waals surface area (Å²) in [6.07, 6.45) is 0. The molecule has 22 rings (SSSR count). The van der Waals surface area contributed by atoms with Crippen molar-refractivity contribution < 1.29 is 0 Å². The van der Waals surface area contributed by atoms with Crippen molar-refractivity contribution in [3.8, 4) is 101 Å². The molecule has 110 heavy (non-hydrogen) atoms. The first-order chi connectivity index (χ1) is 54.5. The normalized spacial score (nSPS) is 11.6. The van der Waals surface area contributed by atoms with Crippen molar-refractivity contribution in [2.75, 3.05) is 0 Å². The Bertz CT molecular complexity index is 7300. The highest BCUT2D eigenvalue weighted by Crippen LogP contribution is 2.47. The Labute approximate surface area is 635 Å². The van der Waals surface area contributed by atoms with Crippen LogP contribution in [0, 0.1) is 0 Å². The molecule has 4 nitrogen and oxygen atoms in total. The zero-order valence-electron chi connectivity index (χ0n) is 59.9. The fraction of sp³-hybridized carbons (Fsp3) is 0. The molecule has 0 aliphatic rings. The SMILES string of the molecule is c1ccc(-c2cc(-c3ccccc3)nc(-c3ccc(-c4cc(-c5ccc6c7ccccc7c7ccccc7c6c5)c5cc(-c6ccc7c8ccccc8c8ccccc8c7c6)c6ccccc6c5n4)cc3)c2)cc1.c1ccc(-c2cc3c(-c4ccccc4)cc(-c4ccc5ccccc5n4)nc3c3ccccc23)cc1. The van der Waals surface area contributed by atoms with Gasteiger partial charge in [-0.3, -0.25) is 0 Å². The van der Waals surface area contributed by atoms with Crippen LogP contribution in [0.5, 0.6) is 0 Å². The molecule has 510 valence electrons. The molecule has 0 bridgehead atoms. The first-order valence-corrected chi connectivity index (χ1v) is 37.6. The molecule has 0 radical (unpaired) electrons. The van der Waals surface area contributed by atoms with Gasteiger partial charge in [-0.25, -0.2) is 19.9 Å². The van der Waals surface area contributed by atoms with Crippen molar-refractivity contribution in [1.82, 2.24) is 19.9 Å². The van der Waals surface area contributed by atoms with E-state index in [9.17, 15) is 0 Å². The highest BCUT2D eigenvalue weighted by molar-refractivity contribution is 6.28. The lowest BCUT2D eigenvalue weighted by atomic mass is 9.88.